The first-order valence-corrected chi connectivity index (χ1v) is 9.00. The molecule has 0 fully saturated rings. The molecule has 7 nitrogen and oxygen atoms in total. The number of aliphatic hydroxyl groups excluding tert-OH is 1. The molecule has 3 rings (SSSR count). The lowest BCUT2D eigenvalue weighted by Crippen LogP contribution is -2.11. The van der Waals surface area contributed by atoms with E-state index in [1.165, 1.54) is 21.3 Å². The highest BCUT2D eigenvalue weighted by Crippen LogP contribution is 2.39. The van der Waals surface area contributed by atoms with Gasteiger partial charge in [-0.15, -0.1) is 0 Å². The lowest BCUT2D eigenvalue weighted by Gasteiger charge is -2.15. The third kappa shape index (κ3) is 4.20. The van der Waals surface area contributed by atoms with E-state index in [0.717, 1.165) is 5.56 Å². The summed E-state index contributed by atoms with van der Waals surface area (Å²) < 4.78 is 21.5. The van der Waals surface area contributed by atoms with Crippen LogP contribution in [0.5, 0.6) is 17.2 Å². The zero-order valence-electron chi connectivity index (χ0n) is 16.5. The zero-order chi connectivity index (χ0) is 20.8. The fraction of sp³-hybridized carbons (Fsp3) is 0.227. The fourth-order valence-electron chi connectivity index (χ4n) is 3.04. The van der Waals surface area contributed by atoms with Crippen molar-refractivity contribution in [2.45, 2.75) is 0 Å². The van der Waals surface area contributed by atoms with Gasteiger partial charge in [-0.2, -0.15) is 0 Å². The molecular formula is C22H23NO6. The van der Waals surface area contributed by atoms with Crippen LogP contribution in [0.15, 0.2) is 53.1 Å². The monoisotopic (exact) mass is 397 g/mol. The lowest BCUT2D eigenvalue weighted by atomic mass is 9.98. The third-order valence-corrected chi connectivity index (χ3v) is 4.42. The summed E-state index contributed by atoms with van der Waals surface area (Å²) in [5, 5.41) is 12.2. The molecule has 0 aliphatic rings. The maximum absolute atomic E-state index is 13.4. The van der Waals surface area contributed by atoms with Crippen LogP contribution in [0, 0.1) is 0 Å². The fourth-order valence-corrected chi connectivity index (χ4v) is 3.04. The average Bonchev–Trinajstić information content (AvgIpc) is 3.30. The van der Waals surface area contributed by atoms with Gasteiger partial charge in [-0.05, 0) is 42.5 Å². The van der Waals surface area contributed by atoms with E-state index in [1.807, 2.05) is 12.1 Å². The van der Waals surface area contributed by atoms with Crippen LogP contribution in [-0.2, 0) is 0 Å². The van der Waals surface area contributed by atoms with Gasteiger partial charge in [0.15, 0.2) is 17.3 Å². The molecule has 0 aliphatic heterocycles. The summed E-state index contributed by atoms with van der Waals surface area (Å²) >= 11 is 0. The normalized spacial score (nSPS) is 10.5. The number of benzene rings is 2. The van der Waals surface area contributed by atoms with Crippen molar-refractivity contribution in [2.24, 2.45) is 0 Å². The van der Waals surface area contributed by atoms with E-state index in [1.54, 1.807) is 36.6 Å². The van der Waals surface area contributed by atoms with Gasteiger partial charge in [0.25, 0.3) is 0 Å². The van der Waals surface area contributed by atoms with Crippen LogP contribution in [0.25, 0.3) is 11.3 Å². The molecule has 0 spiro atoms. The van der Waals surface area contributed by atoms with Crippen molar-refractivity contribution in [3.63, 3.8) is 0 Å². The SMILES string of the molecule is COc1cc(C(=O)c2cc(-c3ccco3)ccc2NCCO)cc(OC)c1OC. The molecular weight excluding hydrogens is 374 g/mol. The number of carbonyl (C=O) groups excluding carboxylic acids is 1. The molecule has 2 N–H and O–H groups in total. The highest BCUT2D eigenvalue weighted by molar-refractivity contribution is 6.13. The summed E-state index contributed by atoms with van der Waals surface area (Å²) in [5.41, 5.74) is 2.18. The van der Waals surface area contributed by atoms with E-state index in [-0.39, 0.29) is 12.4 Å². The number of nitrogens with one attached hydrogen (secondary N) is 1. The molecule has 0 saturated heterocycles. The number of carbonyl (C=O) groups is 1. The first-order chi connectivity index (χ1) is 14.1. The van der Waals surface area contributed by atoms with Crippen LogP contribution in [-0.4, -0.2) is 45.4 Å². The quantitative estimate of drug-likeness (QED) is 0.533. The minimum atomic E-state index is -0.238. The van der Waals surface area contributed by atoms with Crippen LogP contribution < -0.4 is 19.5 Å². The smallest absolute Gasteiger partial charge is 0.203 e. The van der Waals surface area contributed by atoms with Gasteiger partial charge >= 0.3 is 0 Å². The molecule has 0 amide bonds. The van der Waals surface area contributed by atoms with Crippen LogP contribution in [0.1, 0.15) is 15.9 Å². The Kier molecular flexibility index (Phi) is 6.41. The Hall–Kier alpha value is -3.45. The number of methoxy groups -OCH3 is 3. The summed E-state index contributed by atoms with van der Waals surface area (Å²) in [5.74, 6) is 1.61. The zero-order valence-corrected chi connectivity index (χ0v) is 16.5. The second-order valence-corrected chi connectivity index (χ2v) is 6.13. The van der Waals surface area contributed by atoms with Gasteiger partial charge in [-0.25, -0.2) is 0 Å². The molecule has 0 radical (unpaired) electrons. The van der Waals surface area contributed by atoms with Gasteiger partial charge < -0.3 is 29.1 Å². The number of ether oxygens (including phenoxy) is 3. The van der Waals surface area contributed by atoms with E-state index in [0.29, 0.717) is 46.4 Å². The maximum Gasteiger partial charge on any atom is 0.203 e. The number of hydrogen-bond acceptors (Lipinski definition) is 7. The summed E-state index contributed by atoms with van der Waals surface area (Å²) in [7, 11) is 4.50. The molecule has 0 unspecified atom stereocenters. The van der Waals surface area contributed by atoms with Gasteiger partial charge in [0.2, 0.25) is 5.75 Å². The molecule has 0 atom stereocenters. The van der Waals surface area contributed by atoms with Crippen molar-refractivity contribution >= 4 is 11.5 Å². The van der Waals surface area contributed by atoms with Gasteiger partial charge in [-0.3, -0.25) is 4.79 Å². The van der Waals surface area contributed by atoms with Gasteiger partial charge in [0, 0.05) is 28.9 Å². The first kappa shape index (κ1) is 20.3. The molecule has 3 aromatic rings. The molecule has 29 heavy (non-hydrogen) atoms. The van der Waals surface area contributed by atoms with Crippen molar-refractivity contribution in [3.8, 4) is 28.6 Å². The number of rotatable bonds is 9. The maximum atomic E-state index is 13.4. The third-order valence-electron chi connectivity index (χ3n) is 4.42. The van der Waals surface area contributed by atoms with Crippen molar-refractivity contribution < 1.29 is 28.5 Å². The largest absolute Gasteiger partial charge is 0.493 e. The Labute approximate surface area is 168 Å². The Morgan fingerprint density at radius 2 is 1.76 bits per heavy atom. The average molecular weight is 397 g/mol. The highest BCUT2D eigenvalue weighted by atomic mass is 16.5. The Morgan fingerprint density at radius 3 is 2.31 bits per heavy atom. The van der Waals surface area contributed by atoms with Crippen molar-refractivity contribution in [1.82, 2.24) is 0 Å². The van der Waals surface area contributed by atoms with Gasteiger partial charge in [-0.1, -0.05) is 0 Å². The van der Waals surface area contributed by atoms with Crippen molar-refractivity contribution in [1.29, 1.82) is 0 Å². The number of hydrogen-bond donors (Lipinski definition) is 2. The van der Waals surface area contributed by atoms with Crippen molar-refractivity contribution in [3.05, 3.63) is 59.9 Å². The number of aliphatic hydroxyl groups is 1. The van der Waals surface area contributed by atoms with E-state index < -0.39 is 0 Å². The summed E-state index contributed by atoms with van der Waals surface area (Å²) in [4.78, 5) is 13.4. The second-order valence-electron chi connectivity index (χ2n) is 6.13. The molecule has 0 bridgehead atoms. The van der Waals surface area contributed by atoms with Crippen LogP contribution in [0.3, 0.4) is 0 Å². The lowest BCUT2D eigenvalue weighted by molar-refractivity contribution is 0.103. The molecule has 1 heterocycles. The van der Waals surface area contributed by atoms with Gasteiger partial charge in [0.1, 0.15) is 5.76 Å². The molecule has 2 aromatic carbocycles. The molecule has 7 heteroatoms. The Bertz CT molecular complexity index is 956. The number of furan rings is 1. The van der Waals surface area contributed by atoms with Gasteiger partial charge in [0.05, 0.1) is 34.2 Å². The minimum absolute atomic E-state index is 0.0578. The van der Waals surface area contributed by atoms with Crippen molar-refractivity contribution in [2.75, 3.05) is 39.8 Å². The Balaban J connectivity index is 2.10. The topological polar surface area (TPSA) is 90.2 Å². The molecule has 152 valence electrons. The minimum Gasteiger partial charge on any atom is -0.493 e. The van der Waals surface area contributed by atoms with E-state index in [4.69, 9.17) is 23.7 Å². The summed E-state index contributed by atoms with van der Waals surface area (Å²) in [6.07, 6.45) is 1.58. The highest BCUT2D eigenvalue weighted by Gasteiger charge is 2.21. The second kappa shape index (κ2) is 9.16. The molecule has 0 aliphatic carbocycles. The van der Waals surface area contributed by atoms with E-state index in [9.17, 15) is 4.79 Å². The van der Waals surface area contributed by atoms with Crippen LogP contribution in [0.2, 0.25) is 0 Å². The Morgan fingerprint density at radius 1 is 1.03 bits per heavy atom. The van der Waals surface area contributed by atoms with E-state index in [2.05, 4.69) is 5.32 Å². The van der Waals surface area contributed by atoms with Crippen LogP contribution in [0.4, 0.5) is 5.69 Å². The summed E-state index contributed by atoms with van der Waals surface area (Å²) in [6, 6.07) is 12.2. The predicted octanol–water partition coefficient (Wildman–Crippen LogP) is 3.61. The number of ketones is 1. The molecule has 0 saturated carbocycles. The summed E-state index contributed by atoms with van der Waals surface area (Å²) in [6.45, 7) is 0.257. The van der Waals surface area contributed by atoms with E-state index >= 15 is 0 Å². The first-order valence-electron chi connectivity index (χ1n) is 9.00. The predicted molar refractivity (Wildman–Crippen MR) is 109 cm³/mol. The van der Waals surface area contributed by atoms with Crippen LogP contribution >= 0.6 is 0 Å². The molecule has 1 aromatic heterocycles. The standard InChI is InChI=1S/C22H23NO6/c1-26-19-12-15(13-20(27-2)22(19)28-3)21(25)16-11-14(18-5-4-10-29-18)6-7-17(16)23-8-9-24/h4-7,10-13,23-24H,8-9H2,1-3H3. The number of anilines is 1.